The Morgan fingerprint density at radius 1 is 1.13 bits per heavy atom. The second kappa shape index (κ2) is 9.54. The number of pyridine rings is 1. The van der Waals surface area contributed by atoms with Crippen molar-refractivity contribution in [1.82, 2.24) is 9.88 Å². The Labute approximate surface area is 175 Å². The molecule has 1 aliphatic heterocycles. The third kappa shape index (κ3) is 6.49. The molecular formula is C20H20F3N3O5. The van der Waals surface area contributed by atoms with E-state index in [9.17, 15) is 22.8 Å². The topological polar surface area (TPSA) is 104 Å². The summed E-state index contributed by atoms with van der Waals surface area (Å²) in [5.41, 5.74) is 5.14. The monoisotopic (exact) mass is 439 g/mol. The molecule has 0 spiro atoms. The zero-order valence-corrected chi connectivity index (χ0v) is 16.3. The molecule has 8 nitrogen and oxygen atoms in total. The predicted molar refractivity (Wildman–Crippen MR) is 102 cm³/mol. The molecule has 31 heavy (non-hydrogen) atoms. The number of rotatable bonds is 7. The van der Waals surface area contributed by atoms with E-state index in [4.69, 9.17) is 15.2 Å². The fraction of sp³-hybridized carbons (Fsp3) is 0.350. The van der Waals surface area contributed by atoms with Crippen LogP contribution in [0.5, 0.6) is 17.2 Å². The molecule has 1 aliphatic rings. The van der Waals surface area contributed by atoms with Crippen LogP contribution in [-0.2, 0) is 4.79 Å². The Morgan fingerprint density at radius 3 is 2.52 bits per heavy atom. The van der Waals surface area contributed by atoms with Gasteiger partial charge in [0.15, 0.2) is 18.1 Å². The van der Waals surface area contributed by atoms with Gasteiger partial charge in [0.05, 0.1) is 0 Å². The number of alkyl halides is 3. The fourth-order valence-corrected chi connectivity index (χ4v) is 3.08. The summed E-state index contributed by atoms with van der Waals surface area (Å²) in [5, 5.41) is 0. The molecule has 2 amide bonds. The van der Waals surface area contributed by atoms with Gasteiger partial charge in [-0.1, -0.05) is 6.07 Å². The maximum atomic E-state index is 12.8. The van der Waals surface area contributed by atoms with Crippen LogP contribution < -0.4 is 19.9 Å². The van der Waals surface area contributed by atoms with E-state index in [1.54, 1.807) is 11.0 Å². The summed E-state index contributed by atoms with van der Waals surface area (Å²) in [6.45, 7) is 0.334. The van der Waals surface area contributed by atoms with Gasteiger partial charge in [0.2, 0.25) is 0 Å². The van der Waals surface area contributed by atoms with Crippen molar-refractivity contribution in [1.29, 1.82) is 0 Å². The van der Waals surface area contributed by atoms with Crippen molar-refractivity contribution in [2.45, 2.75) is 25.3 Å². The van der Waals surface area contributed by atoms with Gasteiger partial charge >= 0.3 is 6.36 Å². The molecule has 3 rings (SSSR count). The molecule has 2 aromatic rings. The number of carbonyl (C=O) groups excluding carboxylic acids is 2. The molecule has 1 aromatic heterocycles. The Bertz CT molecular complexity index is 930. The van der Waals surface area contributed by atoms with Gasteiger partial charge in [-0.15, -0.1) is 13.2 Å². The minimum absolute atomic E-state index is 0.0696. The second-order valence-electron chi connectivity index (χ2n) is 6.74. The predicted octanol–water partition coefficient (Wildman–Crippen LogP) is 2.53. The van der Waals surface area contributed by atoms with E-state index < -0.39 is 12.3 Å². The van der Waals surface area contributed by atoms with Gasteiger partial charge in [0, 0.05) is 38.2 Å². The van der Waals surface area contributed by atoms with Crippen molar-refractivity contribution in [3.63, 3.8) is 0 Å². The van der Waals surface area contributed by atoms with Crippen LogP contribution >= 0.6 is 0 Å². The van der Waals surface area contributed by atoms with Gasteiger partial charge < -0.3 is 24.8 Å². The average Bonchev–Trinajstić information content (AvgIpc) is 2.71. The van der Waals surface area contributed by atoms with E-state index in [0.29, 0.717) is 25.9 Å². The largest absolute Gasteiger partial charge is 0.573 e. The van der Waals surface area contributed by atoms with Gasteiger partial charge in [-0.2, -0.15) is 0 Å². The van der Waals surface area contributed by atoms with E-state index in [2.05, 4.69) is 9.72 Å². The number of piperidine rings is 1. The molecule has 0 saturated carbocycles. The van der Waals surface area contributed by atoms with Crippen LogP contribution in [0.15, 0.2) is 42.6 Å². The zero-order chi connectivity index (χ0) is 22.4. The number of hydrogen-bond acceptors (Lipinski definition) is 6. The SMILES string of the molecule is NC(=O)COc1cccnc1C(=O)N1CCC(Oc2cccc(OC(F)(F)F)c2)CC1. The molecule has 1 fully saturated rings. The van der Waals surface area contributed by atoms with E-state index >= 15 is 0 Å². The molecule has 1 aromatic carbocycles. The molecule has 1 saturated heterocycles. The van der Waals surface area contributed by atoms with Crippen LogP contribution in [0.4, 0.5) is 13.2 Å². The van der Waals surface area contributed by atoms with Crippen LogP contribution in [0, 0.1) is 0 Å². The standard InChI is InChI=1S/C20H20F3N3O5/c21-20(22,23)31-15-4-1-3-14(11-15)30-13-6-9-26(10-7-13)19(28)18-16(5-2-8-25-18)29-12-17(24)27/h1-5,8,11,13H,6-7,9-10,12H2,(H2,24,27). The third-order valence-corrected chi connectivity index (χ3v) is 4.41. The smallest absolute Gasteiger partial charge is 0.490 e. The van der Waals surface area contributed by atoms with Gasteiger partial charge in [-0.25, -0.2) is 4.98 Å². The van der Waals surface area contributed by atoms with Crippen LogP contribution in [0.2, 0.25) is 0 Å². The highest BCUT2D eigenvalue weighted by atomic mass is 19.4. The molecule has 166 valence electrons. The van der Waals surface area contributed by atoms with E-state index in [0.717, 1.165) is 0 Å². The van der Waals surface area contributed by atoms with Gasteiger partial charge in [-0.3, -0.25) is 9.59 Å². The van der Waals surface area contributed by atoms with Crippen LogP contribution in [0.25, 0.3) is 0 Å². The molecule has 11 heteroatoms. The molecule has 2 N–H and O–H groups in total. The number of hydrogen-bond donors (Lipinski definition) is 1. The Hall–Kier alpha value is -3.50. The molecule has 0 unspecified atom stereocenters. The van der Waals surface area contributed by atoms with E-state index in [-0.39, 0.29) is 41.6 Å². The van der Waals surface area contributed by atoms with Gasteiger partial charge in [-0.05, 0) is 24.3 Å². The number of amides is 2. The summed E-state index contributed by atoms with van der Waals surface area (Å²) in [4.78, 5) is 29.4. The number of halogens is 3. The first-order chi connectivity index (χ1) is 14.7. The lowest BCUT2D eigenvalue weighted by Crippen LogP contribution is -2.42. The first kappa shape index (κ1) is 22.2. The summed E-state index contributed by atoms with van der Waals surface area (Å²) in [5.74, 6) is -0.996. The summed E-state index contributed by atoms with van der Waals surface area (Å²) >= 11 is 0. The molecule has 0 atom stereocenters. The maximum Gasteiger partial charge on any atom is 0.573 e. The van der Waals surface area contributed by atoms with E-state index in [1.807, 2.05) is 0 Å². The summed E-state index contributed by atoms with van der Waals surface area (Å²) in [6.07, 6.45) is -2.67. The minimum Gasteiger partial charge on any atom is -0.490 e. The van der Waals surface area contributed by atoms with Crippen molar-refractivity contribution in [3.8, 4) is 17.2 Å². The number of aromatic nitrogens is 1. The number of likely N-dealkylation sites (tertiary alicyclic amines) is 1. The van der Waals surface area contributed by atoms with Crippen molar-refractivity contribution in [2.75, 3.05) is 19.7 Å². The second-order valence-corrected chi connectivity index (χ2v) is 6.74. The number of nitrogens with two attached hydrogens (primary N) is 1. The molecular weight excluding hydrogens is 419 g/mol. The van der Waals surface area contributed by atoms with Crippen LogP contribution in [0.1, 0.15) is 23.3 Å². The highest BCUT2D eigenvalue weighted by Gasteiger charge is 2.31. The molecule has 2 heterocycles. The maximum absolute atomic E-state index is 12.8. The lowest BCUT2D eigenvalue weighted by atomic mass is 10.1. The summed E-state index contributed by atoms with van der Waals surface area (Å²) in [7, 11) is 0. The van der Waals surface area contributed by atoms with Gasteiger partial charge in [0.1, 0.15) is 17.6 Å². The zero-order valence-electron chi connectivity index (χ0n) is 16.3. The quantitative estimate of drug-likeness (QED) is 0.711. The highest BCUT2D eigenvalue weighted by Crippen LogP contribution is 2.28. The number of nitrogens with zero attached hydrogens (tertiary/aromatic N) is 2. The normalized spacial score (nSPS) is 14.7. The van der Waals surface area contributed by atoms with E-state index in [1.165, 1.54) is 36.5 Å². The Morgan fingerprint density at radius 2 is 1.84 bits per heavy atom. The summed E-state index contributed by atoms with van der Waals surface area (Å²) < 4.78 is 52.0. The lowest BCUT2D eigenvalue weighted by molar-refractivity contribution is -0.274. The first-order valence-electron chi connectivity index (χ1n) is 9.39. The highest BCUT2D eigenvalue weighted by molar-refractivity contribution is 5.95. The summed E-state index contributed by atoms with van der Waals surface area (Å²) in [6, 6.07) is 8.40. The minimum atomic E-state index is -4.78. The Balaban J connectivity index is 1.57. The fourth-order valence-electron chi connectivity index (χ4n) is 3.08. The van der Waals surface area contributed by atoms with Crippen molar-refractivity contribution < 1.29 is 37.0 Å². The lowest BCUT2D eigenvalue weighted by Gasteiger charge is -2.32. The number of carbonyl (C=O) groups is 2. The number of ether oxygens (including phenoxy) is 3. The van der Waals surface area contributed by atoms with Crippen molar-refractivity contribution in [2.24, 2.45) is 5.73 Å². The molecule has 0 bridgehead atoms. The third-order valence-electron chi connectivity index (χ3n) is 4.41. The van der Waals surface area contributed by atoms with Crippen LogP contribution in [-0.4, -0.2) is 53.9 Å². The van der Waals surface area contributed by atoms with Crippen LogP contribution in [0.3, 0.4) is 0 Å². The van der Waals surface area contributed by atoms with Gasteiger partial charge in [0.25, 0.3) is 11.8 Å². The number of benzene rings is 1. The molecule has 0 radical (unpaired) electrons. The van der Waals surface area contributed by atoms with Crippen molar-refractivity contribution >= 4 is 11.8 Å². The van der Waals surface area contributed by atoms with Crippen molar-refractivity contribution in [3.05, 3.63) is 48.3 Å². The first-order valence-corrected chi connectivity index (χ1v) is 9.39. The number of primary amides is 1. The average molecular weight is 439 g/mol. The Kier molecular flexibility index (Phi) is 6.83. The molecule has 0 aliphatic carbocycles.